The summed E-state index contributed by atoms with van der Waals surface area (Å²) < 4.78 is 1.56. The van der Waals surface area contributed by atoms with Gasteiger partial charge in [0.15, 0.2) is 5.16 Å². The quantitative estimate of drug-likeness (QED) is 0.565. The van der Waals surface area contributed by atoms with Gasteiger partial charge >= 0.3 is 0 Å². The van der Waals surface area contributed by atoms with E-state index in [9.17, 15) is 9.59 Å². The summed E-state index contributed by atoms with van der Waals surface area (Å²) in [6.45, 7) is 0. The Hall–Kier alpha value is -2.12. The number of anilines is 1. The van der Waals surface area contributed by atoms with Crippen molar-refractivity contribution in [2.75, 3.05) is 11.1 Å². The molecule has 1 aliphatic carbocycles. The van der Waals surface area contributed by atoms with Gasteiger partial charge in [0, 0.05) is 17.6 Å². The largest absolute Gasteiger partial charge is 0.325 e. The molecule has 2 aromatic heterocycles. The van der Waals surface area contributed by atoms with E-state index in [1.54, 1.807) is 23.0 Å². The van der Waals surface area contributed by atoms with Gasteiger partial charge in [-0.3, -0.25) is 14.2 Å². The summed E-state index contributed by atoms with van der Waals surface area (Å²) in [5.74, 6) is 0.102. The van der Waals surface area contributed by atoms with Gasteiger partial charge in [-0.1, -0.05) is 30.0 Å². The molecule has 25 heavy (non-hydrogen) atoms. The molecular formula is C18H17N3O2S2. The molecule has 1 aliphatic rings. The van der Waals surface area contributed by atoms with Gasteiger partial charge in [-0.2, -0.15) is 0 Å². The number of carbonyl (C=O) groups is 1. The number of rotatable bonds is 4. The van der Waals surface area contributed by atoms with Crippen LogP contribution in [0.25, 0.3) is 10.2 Å². The van der Waals surface area contributed by atoms with Crippen LogP contribution in [-0.4, -0.2) is 21.2 Å². The maximum absolute atomic E-state index is 12.7. The summed E-state index contributed by atoms with van der Waals surface area (Å²) in [7, 11) is 1.73. The molecule has 5 nitrogen and oxygen atoms in total. The molecule has 0 spiro atoms. The third-order valence-corrected chi connectivity index (χ3v) is 6.51. The SMILES string of the molecule is Cn1c(SCC(=O)Nc2ccccc2)nc2sc3c(c2c1=O)CCC3. The molecule has 1 N–H and O–H groups in total. The first-order chi connectivity index (χ1) is 12.1. The summed E-state index contributed by atoms with van der Waals surface area (Å²) in [6.07, 6.45) is 3.14. The number of fused-ring (bicyclic) bond motifs is 3. The minimum atomic E-state index is -0.112. The topological polar surface area (TPSA) is 64.0 Å². The molecule has 0 bridgehead atoms. The Morgan fingerprint density at radius 3 is 2.92 bits per heavy atom. The van der Waals surface area contributed by atoms with Gasteiger partial charge in [-0.05, 0) is 37.0 Å². The lowest BCUT2D eigenvalue weighted by molar-refractivity contribution is -0.113. The third kappa shape index (κ3) is 3.09. The highest BCUT2D eigenvalue weighted by Gasteiger charge is 2.22. The summed E-state index contributed by atoms with van der Waals surface area (Å²) >= 11 is 2.91. The lowest BCUT2D eigenvalue weighted by Crippen LogP contribution is -2.21. The molecule has 0 saturated heterocycles. The average molecular weight is 371 g/mol. The van der Waals surface area contributed by atoms with Crippen LogP contribution in [0.2, 0.25) is 0 Å². The molecule has 7 heteroatoms. The number of aromatic nitrogens is 2. The van der Waals surface area contributed by atoms with E-state index >= 15 is 0 Å². The molecule has 1 amide bonds. The van der Waals surface area contributed by atoms with Gasteiger partial charge in [0.05, 0.1) is 11.1 Å². The fraction of sp³-hybridized carbons (Fsp3) is 0.278. The zero-order valence-electron chi connectivity index (χ0n) is 13.7. The number of hydrogen-bond donors (Lipinski definition) is 1. The van der Waals surface area contributed by atoms with Crippen LogP contribution >= 0.6 is 23.1 Å². The molecule has 3 aromatic rings. The van der Waals surface area contributed by atoms with E-state index in [0.29, 0.717) is 5.16 Å². The van der Waals surface area contributed by atoms with Crippen LogP contribution in [0.3, 0.4) is 0 Å². The van der Waals surface area contributed by atoms with E-state index in [4.69, 9.17) is 0 Å². The van der Waals surface area contributed by atoms with Crippen LogP contribution in [0.1, 0.15) is 16.9 Å². The number of para-hydroxylation sites is 1. The summed E-state index contributed by atoms with van der Waals surface area (Å²) in [6, 6.07) is 9.33. The van der Waals surface area contributed by atoms with Crippen LogP contribution in [0.15, 0.2) is 40.3 Å². The van der Waals surface area contributed by atoms with Gasteiger partial charge < -0.3 is 5.32 Å². The zero-order valence-corrected chi connectivity index (χ0v) is 15.4. The van der Waals surface area contributed by atoms with Crippen LogP contribution in [-0.2, 0) is 24.7 Å². The Balaban J connectivity index is 1.55. The second-order valence-electron chi connectivity index (χ2n) is 6.00. The maximum atomic E-state index is 12.7. The van der Waals surface area contributed by atoms with E-state index in [0.717, 1.165) is 35.2 Å². The minimum absolute atomic E-state index is 0.00429. The fourth-order valence-electron chi connectivity index (χ4n) is 3.08. The van der Waals surface area contributed by atoms with E-state index in [1.807, 2.05) is 30.3 Å². The Labute approximate surface area is 153 Å². The number of thioether (sulfide) groups is 1. The molecule has 0 atom stereocenters. The summed E-state index contributed by atoms with van der Waals surface area (Å²) in [5, 5.41) is 4.20. The van der Waals surface area contributed by atoms with Crippen molar-refractivity contribution >= 4 is 44.9 Å². The molecular weight excluding hydrogens is 354 g/mol. The molecule has 2 heterocycles. The standard InChI is InChI=1S/C18H17N3O2S2/c1-21-17(23)15-12-8-5-9-13(12)25-16(15)20-18(21)24-10-14(22)19-11-6-3-2-4-7-11/h2-4,6-7H,5,8-10H2,1H3,(H,19,22). The monoisotopic (exact) mass is 371 g/mol. The Bertz CT molecular complexity index is 1010. The van der Waals surface area contributed by atoms with Crippen molar-refractivity contribution in [3.8, 4) is 0 Å². The molecule has 4 rings (SSSR count). The highest BCUT2D eigenvalue weighted by molar-refractivity contribution is 7.99. The molecule has 1 aromatic carbocycles. The molecule has 0 unspecified atom stereocenters. The van der Waals surface area contributed by atoms with Crippen LogP contribution in [0, 0.1) is 0 Å². The number of aryl methyl sites for hydroxylation is 2. The van der Waals surface area contributed by atoms with E-state index in [-0.39, 0.29) is 17.2 Å². The highest BCUT2D eigenvalue weighted by Crippen LogP contribution is 2.35. The number of carbonyl (C=O) groups excluding carboxylic acids is 1. The number of nitrogens with zero attached hydrogens (tertiary/aromatic N) is 2. The van der Waals surface area contributed by atoms with Gasteiger partial charge in [0.25, 0.3) is 5.56 Å². The first-order valence-corrected chi connectivity index (χ1v) is 9.92. The number of benzene rings is 1. The summed E-state index contributed by atoms with van der Waals surface area (Å²) in [5.41, 5.74) is 1.95. The fourth-order valence-corrected chi connectivity index (χ4v) is 5.16. The number of amides is 1. The smallest absolute Gasteiger partial charge is 0.262 e. The van der Waals surface area contributed by atoms with E-state index < -0.39 is 0 Å². The second-order valence-corrected chi connectivity index (χ2v) is 8.03. The lowest BCUT2D eigenvalue weighted by Gasteiger charge is -2.08. The van der Waals surface area contributed by atoms with Crippen molar-refractivity contribution in [2.24, 2.45) is 7.05 Å². The molecule has 128 valence electrons. The Kier molecular flexibility index (Phi) is 4.35. The first kappa shape index (κ1) is 16.4. The highest BCUT2D eigenvalue weighted by atomic mass is 32.2. The van der Waals surface area contributed by atoms with Gasteiger partial charge in [-0.15, -0.1) is 11.3 Å². The normalized spacial score (nSPS) is 13.2. The van der Waals surface area contributed by atoms with Crippen molar-refractivity contribution in [3.63, 3.8) is 0 Å². The summed E-state index contributed by atoms with van der Waals surface area (Å²) in [4.78, 5) is 31.6. The van der Waals surface area contributed by atoms with E-state index in [1.165, 1.54) is 22.2 Å². The number of hydrogen-bond acceptors (Lipinski definition) is 5. The van der Waals surface area contributed by atoms with Gasteiger partial charge in [0.1, 0.15) is 4.83 Å². The maximum Gasteiger partial charge on any atom is 0.262 e. The van der Waals surface area contributed by atoms with Crippen molar-refractivity contribution in [3.05, 3.63) is 51.1 Å². The van der Waals surface area contributed by atoms with Crippen molar-refractivity contribution < 1.29 is 4.79 Å². The number of thiophene rings is 1. The van der Waals surface area contributed by atoms with Gasteiger partial charge in [0.2, 0.25) is 5.91 Å². The number of nitrogens with one attached hydrogen (secondary N) is 1. The van der Waals surface area contributed by atoms with Crippen molar-refractivity contribution in [2.45, 2.75) is 24.4 Å². The molecule has 0 fully saturated rings. The van der Waals surface area contributed by atoms with Crippen molar-refractivity contribution in [1.29, 1.82) is 0 Å². The average Bonchev–Trinajstić information content (AvgIpc) is 3.18. The lowest BCUT2D eigenvalue weighted by atomic mass is 10.2. The minimum Gasteiger partial charge on any atom is -0.325 e. The third-order valence-electron chi connectivity index (χ3n) is 4.30. The van der Waals surface area contributed by atoms with Gasteiger partial charge in [-0.25, -0.2) is 4.98 Å². The zero-order chi connectivity index (χ0) is 17.4. The van der Waals surface area contributed by atoms with Crippen LogP contribution < -0.4 is 10.9 Å². The first-order valence-electron chi connectivity index (χ1n) is 8.12. The predicted molar refractivity (Wildman–Crippen MR) is 103 cm³/mol. The predicted octanol–water partition coefficient (Wildman–Crippen LogP) is 3.21. The van der Waals surface area contributed by atoms with E-state index in [2.05, 4.69) is 10.3 Å². The molecule has 0 radical (unpaired) electrons. The Morgan fingerprint density at radius 2 is 2.12 bits per heavy atom. The van der Waals surface area contributed by atoms with Crippen LogP contribution in [0.4, 0.5) is 5.69 Å². The molecule has 0 aliphatic heterocycles. The Morgan fingerprint density at radius 1 is 1.32 bits per heavy atom. The second kappa shape index (κ2) is 6.65. The van der Waals surface area contributed by atoms with Crippen LogP contribution in [0.5, 0.6) is 0 Å². The molecule has 0 saturated carbocycles. The van der Waals surface area contributed by atoms with Crippen molar-refractivity contribution in [1.82, 2.24) is 9.55 Å².